The van der Waals surface area contributed by atoms with Crippen molar-refractivity contribution in [3.8, 4) is 5.69 Å². The monoisotopic (exact) mass is 378 g/mol. The molecular formula is C17H12F2N2O4S. The van der Waals surface area contributed by atoms with E-state index < -0.39 is 38.9 Å². The smallest absolute Gasteiger partial charge is 0.341 e. The molecule has 6 nitrogen and oxygen atoms in total. The Morgan fingerprint density at radius 2 is 1.54 bits per heavy atom. The molecule has 3 rings (SSSR count). The molecule has 0 aliphatic carbocycles. The zero-order valence-corrected chi connectivity index (χ0v) is 13.9. The van der Waals surface area contributed by atoms with E-state index in [4.69, 9.17) is 5.11 Å². The van der Waals surface area contributed by atoms with Crippen molar-refractivity contribution in [3.63, 3.8) is 0 Å². The summed E-state index contributed by atoms with van der Waals surface area (Å²) in [5.74, 6) is -4.54. The van der Waals surface area contributed by atoms with Gasteiger partial charge in [-0.2, -0.15) is 0 Å². The molecule has 1 aromatic heterocycles. The highest BCUT2D eigenvalue weighted by Gasteiger charge is 2.20. The highest BCUT2D eigenvalue weighted by Crippen LogP contribution is 2.22. The Morgan fingerprint density at radius 3 is 2.04 bits per heavy atom. The summed E-state index contributed by atoms with van der Waals surface area (Å²) in [5, 5.41) is 8.73. The first kappa shape index (κ1) is 17.6. The Labute approximate surface area is 147 Å². The first-order valence-corrected chi connectivity index (χ1v) is 8.75. The number of nitrogens with one attached hydrogen (secondary N) is 1. The molecule has 0 spiro atoms. The van der Waals surface area contributed by atoms with Crippen LogP contribution in [0.25, 0.3) is 5.69 Å². The molecule has 0 bridgehead atoms. The number of carboxylic acid groups (broad SMARTS) is 1. The van der Waals surface area contributed by atoms with E-state index in [1.54, 1.807) is 29.1 Å². The van der Waals surface area contributed by atoms with Crippen LogP contribution in [0.1, 0.15) is 10.4 Å². The second-order valence-electron chi connectivity index (χ2n) is 5.31. The summed E-state index contributed by atoms with van der Waals surface area (Å²) in [7, 11) is -4.11. The number of carbonyl (C=O) groups is 1. The molecule has 0 unspecified atom stereocenters. The highest BCUT2D eigenvalue weighted by atomic mass is 32.2. The fourth-order valence-electron chi connectivity index (χ4n) is 2.35. The molecule has 134 valence electrons. The predicted octanol–water partition coefficient (Wildman–Crippen LogP) is 3.25. The van der Waals surface area contributed by atoms with Crippen molar-refractivity contribution < 1.29 is 27.1 Å². The van der Waals surface area contributed by atoms with Gasteiger partial charge in [0, 0.05) is 18.1 Å². The predicted molar refractivity (Wildman–Crippen MR) is 89.9 cm³/mol. The van der Waals surface area contributed by atoms with Gasteiger partial charge in [-0.3, -0.25) is 4.72 Å². The van der Waals surface area contributed by atoms with Gasteiger partial charge < -0.3 is 9.67 Å². The fraction of sp³-hybridized carbons (Fsp3) is 0. The number of benzene rings is 2. The zero-order valence-electron chi connectivity index (χ0n) is 13.1. The van der Waals surface area contributed by atoms with Crippen LogP contribution in [0.3, 0.4) is 0 Å². The van der Waals surface area contributed by atoms with Crippen molar-refractivity contribution in [2.45, 2.75) is 4.90 Å². The Morgan fingerprint density at radius 1 is 1.00 bits per heavy atom. The molecule has 0 saturated carbocycles. The quantitative estimate of drug-likeness (QED) is 0.713. The van der Waals surface area contributed by atoms with E-state index in [1.165, 1.54) is 12.1 Å². The van der Waals surface area contributed by atoms with E-state index in [9.17, 15) is 22.0 Å². The summed E-state index contributed by atoms with van der Waals surface area (Å²) >= 11 is 0. The highest BCUT2D eigenvalue weighted by molar-refractivity contribution is 7.92. The maximum absolute atomic E-state index is 13.7. The van der Waals surface area contributed by atoms with E-state index in [1.807, 2.05) is 16.9 Å². The van der Waals surface area contributed by atoms with Crippen molar-refractivity contribution in [1.82, 2.24) is 4.57 Å². The average Bonchev–Trinajstić information content (AvgIpc) is 3.08. The summed E-state index contributed by atoms with van der Waals surface area (Å²) in [6.07, 6.45) is 3.58. The Bertz CT molecular complexity index is 1040. The molecule has 0 aliphatic heterocycles. The summed E-state index contributed by atoms with van der Waals surface area (Å²) in [6.45, 7) is 0. The van der Waals surface area contributed by atoms with Gasteiger partial charge in [0.15, 0.2) is 0 Å². The number of rotatable bonds is 5. The molecule has 1 heterocycles. The van der Waals surface area contributed by atoms with Gasteiger partial charge in [0.25, 0.3) is 10.0 Å². The minimum atomic E-state index is -4.11. The van der Waals surface area contributed by atoms with E-state index in [0.29, 0.717) is 12.1 Å². The molecule has 2 N–H and O–H groups in total. The molecule has 0 radical (unpaired) electrons. The number of hydrogen-bond acceptors (Lipinski definition) is 3. The number of sulfonamides is 1. The van der Waals surface area contributed by atoms with Crippen LogP contribution >= 0.6 is 0 Å². The van der Waals surface area contributed by atoms with E-state index in [0.717, 1.165) is 5.69 Å². The average molecular weight is 378 g/mol. The van der Waals surface area contributed by atoms with Gasteiger partial charge in [-0.05, 0) is 48.5 Å². The Hall–Kier alpha value is -3.20. The molecule has 0 fully saturated rings. The van der Waals surface area contributed by atoms with Crippen LogP contribution in [-0.2, 0) is 10.0 Å². The lowest BCUT2D eigenvalue weighted by atomic mass is 10.2. The SMILES string of the molecule is O=C(O)c1c(F)cc(NS(=O)(=O)c2ccc(-n3cccc3)cc2)cc1F. The molecular weight excluding hydrogens is 366 g/mol. The van der Waals surface area contributed by atoms with Crippen molar-refractivity contribution in [3.05, 3.63) is 78.1 Å². The first-order chi connectivity index (χ1) is 12.3. The number of aromatic nitrogens is 1. The van der Waals surface area contributed by atoms with E-state index >= 15 is 0 Å². The number of anilines is 1. The van der Waals surface area contributed by atoms with Crippen molar-refractivity contribution in [1.29, 1.82) is 0 Å². The normalized spacial score (nSPS) is 11.3. The zero-order chi connectivity index (χ0) is 18.9. The number of hydrogen-bond donors (Lipinski definition) is 2. The topological polar surface area (TPSA) is 88.4 Å². The third-order valence-electron chi connectivity index (χ3n) is 3.56. The molecule has 0 amide bonds. The summed E-state index contributed by atoms with van der Waals surface area (Å²) in [4.78, 5) is 10.7. The molecule has 3 aromatic rings. The van der Waals surface area contributed by atoms with Crippen molar-refractivity contribution >= 4 is 21.7 Å². The van der Waals surface area contributed by atoms with Crippen LogP contribution in [0.5, 0.6) is 0 Å². The van der Waals surface area contributed by atoms with Crippen LogP contribution < -0.4 is 4.72 Å². The van der Waals surface area contributed by atoms with Gasteiger partial charge >= 0.3 is 5.97 Å². The molecule has 0 atom stereocenters. The molecule has 0 saturated heterocycles. The number of nitrogens with zero attached hydrogens (tertiary/aromatic N) is 1. The second kappa shape index (κ2) is 6.60. The summed E-state index contributed by atoms with van der Waals surface area (Å²) in [6, 6.07) is 10.7. The summed E-state index contributed by atoms with van der Waals surface area (Å²) in [5.41, 5.74) is -0.833. The standard InChI is InChI=1S/C17H12F2N2O4S/c18-14-9-11(10-15(19)16(14)17(22)23)20-26(24,25)13-5-3-12(4-6-13)21-7-1-2-8-21/h1-10,20H,(H,22,23). The fourth-order valence-corrected chi connectivity index (χ4v) is 3.39. The van der Waals surface area contributed by atoms with Crippen molar-refractivity contribution in [2.24, 2.45) is 0 Å². The lowest BCUT2D eigenvalue weighted by Gasteiger charge is -2.10. The minimum absolute atomic E-state index is 0.114. The number of carboxylic acids is 1. The minimum Gasteiger partial charge on any atom is -0.477 e. The third-order valence-corrected chi connectivity index (χ3v) is 4.95. The number of halogens is 2. The van der Waals surface area contributed by atoms with Gasteiger partial charge in [0.1, 0.15) is 17.2 Å². The first-order valence-electron chi connectivity index (χ1n) is 7.26. The van der Waals surface area contributed by atoms with Crippen LogP contribution in [-0.4, -0.2) is 24.1 Å². The lowest BCUT2D eigenvalue weighted by molar-refractivity contribution is 0.0686. The lowest BCUT2D eigenvalue weighted by Crippen LogP contribution is -2.14. The summed E-state index contributed by atoms with van der Waals surface area (Å²) < 4.78 is 55.9. The van der Waals surface area contributed by atoms with Crippen LogP contribution in [0, 0.1) is 11.6 Å². The van der Waals surface area contributed by atoms with E-state index in [-0.39, 0.29) is 4.90 Å². The maximum atomic E-state index is 13.7. The molecule has 9 heteroatoms. The van der Waals surface area contributed by atoms with Crippen LogP contribution in [0.2, 0.25) is 0 Å². The molecule has 26 heavy (non-hydrogen) atoms. The Kier molecular flexibility index (Phi) is 4.47. The van der Waals surface area contributed by atoms with Crippen LogP contribution in [0.15, 0.2) is 65.8 Å². The molecule has 2 aromatic carbocycles. The van der Waals surface area contributed by atoms with E-state index in [2.05, 4.69) is 0 Å². The second-order valence-corrected chi connectivity index (χ2v) is 6.99. The van der Waals surface area contributed by atoms with Gasteiger partial charge in [0.05, 0.1) is 10.6 Å². The van der Waals surface area contributed by atoms with Crippen molar-refractivity contribution in [2.75, 3.05) is 4.72 Å². The van der Waals surface area contributed by atoms with Gasteiger partial charge in [-0.25, -0.2) is 22.0 Å². The molecule has 0 aliphatic rings. The maximum Gasteiger partial charge on any atom is 0.341 e. The van der Waals surface area contributed by atoms with Gasteiger partial charge in [0.2, 0.25) is 0 Å². The van der Waals surface area contributed by atoms with Gasteiger partial charge in [-0.1, -0.05) is 0 Å². The van der Waals surface area contributed by atoms with Gasteiger partial charge in [-0.15, -0.1) is 0 Å². The largest absolute Gasteiger partial charge is 0.477 e. The Balaban J connectivity index is 1.88. The number of aromatic carboxylic acids is 1. The third kappa shape index (κ3) is 3.42. The van der Waals surface area contributed by atoms with Crippen LogP contribution in [0.4, 0.5) is 14.5 Å².